The van der Waals surface area contributed by atoms with Crippen molar-refractivity contribution in [1.29, 1.82) is 0 Å². The molecular weight excluding hydrogens is 263 g/mol. The summed E-state index contributed by atoms with van der Waals surface area (Å²) in [6.07, 6.45) is 0.338. The monoisotopic (exact) mass is 274 g/mol. The lowest BCUT2D eigenvalue weighted by Gasteiger charge is -2.07. The van der Waals surface area contributed by atoms with E-state index in [1.807, 2.05) is 0 Å². The van der Waals surface area contributed by atoms with Crippen LogP contribution < -0.4 is 10.6 Å². The zero-order valence-electron chi connectivity index (χ0n) is 9.37. The number of carbonyl (C=O) groups is 2. The molecule has 0 aliphatic rings. The molecule has 1 rings (SSSR count). The smallest absolute Gasteiger partial charge is 0.313 e. The fraction of sp³-hybridized carbons (Fsp3) is 0.273. The molecule has 98 valence electrons. The minimum Gasteiger partial charge on any atom is -0.396 e. The average molecular weight is 275 g/mol. The van der Waals surface area contributed by atoms with Gasteiger partial charge in [0.25, 0.3) is 0 Å². The maximum atomic E-state index is 13.3. The van der Waals surface area contributed by atoms with Crippen molar-refractivity contribution in [2.75, 3.05) is 18.5 Å². The fourth-order valence-electron chi connectivity index (χ4n) is 1.13. The van der Waals surface area contributed by atoms with Gasteiger partial charge in [-0.2, -0.15) is 0 Å². The Kier molecular flexibility index (Phi) is 5.54. The van der Waals surface area contributed by atoms with E-state index in [9.17, 15) is 14.0 Å². The number of anilines is 1. The van der Waals surface area contributed by atoms with E-state index in [1.165, 1.54) is 12.1 Å². The number of hydrogen-bond donors (Lipinski definition) is 3. The Bertz CT molecular complexity index is 454. The highest BCUT2D eigenvalue weighted by atomic mass is 35.5. The number of carbonyl (C=O) groups excluding carboxylic acids is 2. The Labute approximate surface area is 108 Å². The zero-order chi connectivity index (χ0) is 13.5. The molecule has 3 N–H and O–H groups in total. The highest BCUT2D eigenvalue weighted by molar-refractivity contribution is 6.39. The minimum absolute atomic E-state index is 0.0924. The summed E-state index contributed by atoms with van der Waals surface area (Å²) >= 11 is 5.64. The second-order valence-electron chi connectivity index (χ2n) is 3.41. The molecule has 0 atom stereocenters. The number of halogens is 2. The summed E-state index contributed by atoms with van der Waals surface area (Å²) in [5.41, 5.74) is -0.162. The van der Waals surface area contributed by atoms with Crippen LogP contribution in [0.3, 0.4) is 0 Å². The molecule has 0 fully saturated rings. The molecule has 0 spiro atoms. The van der Waals surface area contributed by atoms with Crippen LogP contribution >= 0.6 is 11.6 Å². The molecule has 0 aliphatic heterocycles. The first-order valence-electron chi connectivity index (χ1n) is 5.19. The van der Waals surface area contributed by atoms with Crippen LogP contribution in [0.2, 0.25) is 5.02 Å². The summed E-state index contributed by atoms with van der Waals surface area (Å²) in [6, 6.07) is 3.62. The van der Waals surface area contributed by atoms with Crippen molar-refractivity contribution in [3.63, 3.8) is 0 Å². The molecular formula is C11H12ClFN2O3. The number of amides is 2. The molecule has 0 bridgehead atoms. The van der Waals surface area contributed by atoms with Crippen LogP contribution in [0, 0.1) is 5.82 Å². The van der Waals surface area contributed by atoms with Crippen LogP contribution in [0.15, 0.2) is 18.2 Å². The molecule has 1 aromatic carbocycles. The highest BCUT2D eigenvalue weighted by Gasteiger charge is 2.15. The molecule has 0 aromatic heterocycles. The third-order valence-corrected chi connectivity index (χ3v) is 2.24. The molecule has 18 heavy (non-hydrogen) atoms. The zero-order valence-corrected chi connectivity index (χ0v) is 10.1. The Morgan fingerprint density at radius 2 is 2.06 bits per heavy atom. The number of benzene rings is 1. The van der Waals surface area contributed by atoms with E-state index in [0.29, 0.717) is 6.42 Å². The summed E-state index contributed by atoms with van der Waals surface area (Å²) in [5, 5.41) is 13.1. The van der Waals surface area contributed by atoms with Gasteiger partial charge in [-0.3, -0.25) is 9.59 Å². The summed E-state index contributed by atoms with van der Waals surface area (Å²) in [4.78, 5) is 22.6. The van der Waals surface area contributed by atoms with Crippen LogP contribution in [0.4, 0.5) is 10.1 Å². The Hall–Kier alpha value is -1.66. The van der Waals surface area contributed by atoms with Gasteiger partial charge in [-0.25, -0.2) is 4.39 Å². The quantitative estimate of drug-likeness (QED) is 0.564. The fourth-order valence-corrected chi connectivity index (χ4v) is 1.31. The molecule has 0 aliphatic carbocycles. The second-order valence-corrected chi connectivity index (χ2v) is 3.85. The number of aliphatic hydroxyl groups is 1. The van der Waals surface area contributed by atoms with Crippen LogP contribution in [-0.2, 0) is 9.59 Å². The normalized spacial score (nSPS) is 9.94. The summed E-state index contributed by atoms with van der Waals surface area (Å²) in [6.45, 7) is 0.0750. The number of rotatable bonds is 4. The van der Waals surface area contributed by atoms with E-state index in [4.69, 9.17) is 16.7 Å². The van der Waals surface area contributed by atoms with E-state index in [0.717, 1.165) is 6.07 Å². The molecule has 0 radical (unpaired) electrons. The minimum atomic E-state index is -0.992. The van der Waals surface area contributed by atoms with Gasteiger partial charge in [0.1, 0.15) is 5.82 Å². The van der Waals surface area contributed by atoms with Gasteiger partial charge < -0.3 is 15.7 Å². The van der Waals surface area contributed by atoms with Gasteiger partial charge >= 0.3 is 11.8 Å². The summed E-state index contributed by atoms with van der Waals surface area (Å²) in [5.74, 6) is -2.58. The van der Waals surface area contributed by atoms with Crippen molar-refractivity contribution in [3.8, 4) is 0 Å². The second kappa shape index (κ2) is 6.93. The Morgan fingerprint density at radius 1 is 1.33 bits per heavy atom. The van der Waals surface area contributed by atoms with E-state index < -0.39 is 17.6 Å². The average Bonchev–Trinajstić information content (AvgIpc) is 2.34. The molecule has 7 heteroatoms. The van der Waals surface area contributed by atoms with E-state index in [1.54, 1.807) is 0 Å². The lowest BCUT2D eigenvalue weighted by atomic mass is 10.3. The van der Waals surface area contributed by atoms with Gasteiger partial charge in [-0.05, 0) is 24.6 Å². The first-order chi connectivity index (χ1) is 8.54. The van der Waals surface area contributed by atoms with Crippen molar-refractivity contribution in [1.82, 2.24) is 5.32 Å². The van der Waals surface area contributed by atoms with E-state index >= 15 is 0 Å². The van der Waals surface area contributed by atoms with Crippen molar-refractivity contribution in [2.45, 2.75) is 6.42 Å². The Morgan fingerprint density at radius 3 is 2.72 bits per heavy atom. The number of hydrogen-bond acceptors (Lipinski definition) is 3. The van der Waals surface area contributed by atoms with Crippen LogP contribution in [0.1, 0.15) is 6.42 Å². The predicted octanol–water partition coefficient (Wildman–Crippen LogP) is 0.916. The first-order valence-corrected chi connectivity index (χ1v) is 5.57. The maximum absolute atomic E-state index is 13.3. The highest BCUT2D eigenvalue weighted by Crippen LogP contribution is 2.19. The van der Waals surface area contributed by atoms with Gasteiger partial charge in [-0.1, -0.05) is 11.6 Å². The molecule has 0 saturated heterocycles. The lowest BCUT2D eigenvalue weighted by molar-refractivity contribution is -0.136. The number of aliphatic hydroxyl groups excluding tert-OH is 1. The molecule has 0 saturated carbocycles. The lowest BCUT2D eigenvalue weighted by Crippen LogP contribution is -2.36. The molecule has 5 nitrogen and oxygen atoms in total. The van der Waals surface area contributed by atoms with Crippen LogP contribution in [-0.4, -0.2) is 30.1 Å². The van der Waals surface area contributed by atoms with Crippen molar-refractivity contribution >= 4 is 29.1 Å². The van der Waals surface area contributed by atoms with Crippen LogP contribution in [0.25, 0.3) is 0 Å². The topological polar surface area (TPSA) is 78.4 Å². The third kappa shape index (κ3) is 4.31. The summed E-state index contributed by atoms with van der Waals surface area (Å²) in [7, 11) is 0. The molecule has 1 aromatic rings. The van der Waals surface area contributed by atoms with Crippen LogP contribution in [0.5, 0.6) is 0 Å². The van der Waals surface area contributed by atoms with Gasteiger partial charge in [0.05, 0.1) is 5.69 Å². The maximum Gasteiger partial charge on any atom is 0.313 e. The largest absolute Gasteiger partial charge is 0.396 e. The van der Waals surface area contributed by atoms with Gasteiger partial charge in [-0.15, -0.1) is 0 Å². The third-order valence-electron chi connectivity index (χ3n) is 2.00. The predicted molar refractivity (Wildman–Crippen MR) is 64.8 cm³/mol. The van der Waals surface area contributed by atoms with Gasteiger partial charge in [0, 0.05) is 18.2 Å². The standard InChI is InChI=1S/C11H12ClFN2O3/c12-7-2-3-8(13)9(6-7)15-11(18)10(17)14-4-1-5-16/h2-3,6,16H,1,4-5H2,(H,14,17)(H,15,18). The van der Waals surface area contributed by atoms with Crippen molar-refractivity contribution < 1.29 is 19.1 Å². The van der Waals surface area contributed by atoms with E-state index in [-0.39, 0.29) is 23.9 Å². The molecule has 0 unspecified atom stereocenters. The first kappa shape index (κ1) is 14.4. The van der Waals surface area contributed by atoms with Gasteiger partial charge in [0.2, 0.25) is 0 Å². The van der Waals surface area contributed by atoms with E-state index in [2.05, 4.69) is 10.6 Å². The van der Waals surface area contributed by atoms with Crippen molar-refractivity contribution in [3.05, 3.63) is 29.0 Å². The van der Waals surface area contributed by atoms with Gasteiger partial charge in [0.15, 0.2) is 0 Å². The summed E-state index contributed by atoms with van der Waals surface area (Å²) < 4.78 is 13.3. The molecule has 2 amide bonds. The Balaban J connectivity index is 2.58. The van der Waals surface area contributed by atoms with Crippen molar-refractivity contribution in [2.24, 2.45) is 0 Å². The molecule has 0 heterocycles. The number of nitrogens with one attached hydrogen (secondary N) is 2. The SMILES string of the molecule is O=C(NCCCO)C(=O)Nc1cc(Cl)ccc1F.